The van der Waals surface area contributed by atoms with Gasteiger partial charge in [0.25, 0.3) is 0 Å². The number of nitrogens with zero attached hydrogens (tertiary/aromatic N) is 2. The fraction of sp³-hybridized carbons (Fsp3) is 0.455. The van der Waals surface area contributed by atoms with Crippen LogP contribution in [0.2, 0.25) is 0 Å². The topological polar surface area (TPSA) is 46.9 Å². The summed E-state index contributed by atoms with van der Waals surface area (Å²) in [6.45, 7) is 30.6. The molecule has 4 nitrogen and oxygen atoms in total. The zero-order chi connectivity index (χ0) is 36.3. The maximum absolute atomic E-state index is 11.9. The predicted molar refractivity (Wildman–Crippen MR) is 208 cm³/mol. The van der Waals surface area contributed by atoms with E-state index in [0.29, 0.717) is 11.5 Å². The average molecular weight is 649 g/mol. The number of hydrogen-bond donors (Lipinski definition) is 2. The van der Waals surface area contributed by atoms with Gasteiger partial charge in [0.15, 0.2) is 0 Å². The fourth-order valence-corrected chi connectivity index (χ4v) is 6.53. The lowest BCUT2D eigenvalue weighted by atomic mass is 9.79. The number of aryl methyl sites for hydroxylation is 2. The van der Waals surface area contributed by atoms with Gasteiger partial charge < -0.3 is 20.0 Å². The van der Waals surface area contributed by atoms with E-state index in [-0.39, 0.29) is 21.7 Å². The monoisotopic (exact) mass is 648 g/mol. The van der Waals surface area contributed by atoms with Gasteiger partial charge in [-0.2, -0.15) is 0 Å². The SMILES string of the molecule is Cc1cccc(N(C)c2cc(C(C)(C)C)cc(C(C)(C)C)c2O)c1-c1c(C)cccc1N(C)c1cc(C(C)(C)C)cc(C(C)(C)C)c1O. The van der Waals surface area contributed by atoms with Crippen molar-refractivity contribution < 1.29 is 10.2 Å². The maximum Gasteiger partial charge on any atom is 0.142 e. The Labute approximate surface area is 291 Å². The molecule has 2 N–H and O–H groups in total. The zero-order valence-electron chi connectivity index (χ0n) is 32.6. The van der Waals surface area contributed by atoms with Crippen LogP contribution < -0.4 is 9.80 Å². The van der Waals surface area contributed by atoms with Crippen molar-refractivity contribution in [2.45, 2.75) is 119 Å². The Balaban J connectivity index is 2.03. The molecule has 0 radical (unpaired) electrons. The van der Waals surface area contributed by atoms with Crippen molar-refractivity contribution in [3.05, 3.63) is 94.0 Å². The minimum atomic E-state index is -0.238. The van der Waals surface area contributed by atoms with Gasteiger partial charge in [-0.05, 0) is 82.0 Å². The maximum atomic E-state index is 11.9. The van der Waals surface area contributed by atoms with E-state index in [1.807, 2.05) is 0 Å². The Morgan fingerprint density at radius 2 is 0.750 bits per heavy atom. The van der Waals surface area contributed by atoms with Crippen molar-refractivity contribution in [2.24, 2.45) is 0 Å². The zero-order valence-corrected chi connectivity index (χ0v) is 32.6. The number of hydrogen-bond acceptors (Lipinski definition) is 4. The van der Waals surface area contributed by atoms with Gasteiger partial charge in [0.05, 0.1) is 11.4 Å². The van der Waals surface area contributed by atoms with Gasteiger partial charge in [0.2, 0.25) is 0 Å². The Bertz CT molecular complexity index is 1690. The Hall–Kier alpha value is -3.92. The minimum absolute atomic E-state index is 0.0971. The van der Waals surface area contributed by atoms with Crippen LogP contribution in [0.25, 0.3) is 11.1 Å². The van der Waals surface area contributed by atoms with Crippen molar-refractivity contribution in [3.63, 3.8) is 0 Å². The molecule has 258 valence electrons. The van der Waals surface area contributed by atoms with Crippen LogP contribution in [0.5, 0.6) is 11.5 Å². The molecule has 0 atom stereocenters. The first-order valence-electron chi connectivity index (χ1n) is 17.3. The molecule has 0 fully saturated rings. The third-order valence-corrected chi connectivity index (χ3v) is 9.72. The van der Waals surface area contributed by atoms with E-state index in [2.05, 4.69) is 181 Å². The lowest BCUT2D eigenvalue weighted by Crippen LogP contribution is -2.21. The molecular formula is C44H60N2O2. The molecule has 0 aromatic heterocycles. The average Bonchev–Trinajstić information content (AvgIpc) is 2.94. The van der Waals surface area contributed by atoms with Gasteiger partial charge >= 0.3 is 0 Å². The quantitative estimate of drug-likeness (QED) is 0.226. The standard InChI is InChI=1S/C44H60N2O2/c1-27-19-17-21-33(45(15)35-25-29(41(3,4)5)23-31(39(35)47)43(9,10)11)37(27)38-28(2)20-18-22-34(38)46(16)36-26-30(42(6,7)8)24-32(40(36)48)44(12,13)14/h17-26,47-48H,1-16H3. The molecule has 4 heteroatoms. The summed E-state index contributed by atoms with van der Waals surface area (Å²) in [5, 5.41) is 23.7. The molecule has 0 saturated carbocycles. The summed E-state index contributed by atoms with van der Waals surface area (Å²) in [5.41, 5.74) is 11.6. The molecule has 0 spiro atoms. The van der Waals surface area contributed by atoms with Crippen LogP contribution in [0.4, 0.5) is 22.7 Å². The molecule has 0 aliphatic heterocycles. The highest BCUT2D eigenvalue weighted by Crippen LogP contribution is 2.50. The Morgan fingerprint density at radius 3 is 1.02 bits per heavy atom. The summed E-state index contributed by atoms with van der Waals surface area (Å²) < 4.78 is 0. The molecule has 4 aromatic rings. The van der Waals surface area contributed by atoms with Crippen molar-refractivity contribution in [2.75, 3.05) is 23.9 Å². The molecule has 0 heterocycles. The summed E-state index contributed by atoms with van der Waals surface area (Å²) in [6.07, 6.45) is 0. The van der Waals surface area contributed by atoms with E-state index < -0.39 is 0 Å². The summed E-state index contributed by atoms with van der Waals surface area (Å²) in [6, 6.07) is 21.4. The summed E-state index contributed by atoms with van der Waals surface area (Å²) >= 11 is 0. The van der Waals surface area contributed by atoms with Crippen molar-refractivity contribution in [1.29, 1.82) is 0 Å². The highest BCUT2D eigenvalue weighted by Gasteiger charge is 2.30. The van der Waals surface area contributed by atoms with Crippen LogP contribution in [0.1, 0.15) is 116 Å². The van der Waals surface area contributed by atoms with E-state index in [4.69, 9.17) is 0 Å². The lowest BCUT2D eigenvalue weighted by molar-refractivity contribution is 0.445. The molecule has 4 rings (SSSR count). The molecule has 48 heavy (non-hydrogen) atoms. The lowest BCUT2D eigenvalue weighted by Gasteiger charge is -2.33. The highest BCUT2D eigenvalue weighted by molar-refractivity contribution is 5.95. The first kappa shape index (κ1) is 36.9. The van der Waals surface area contributed by atoms with Gasteiger partial charge in [-0.25, -0.2) is 0 Å². The normalized spacial score (nSPS) is 12.8. The van der Waals surface area contributed by atoms with Crippen LogP contribution in [-0.4, -0.2) is 24.3 Å². The molecule has 0 aliphatic carbocycles. The van der Waals surface area contributed by atoms with Gasteiger partial charge in [0.1, 0.15) is 11.5 Å². The van der Waals surface area contributed by atoms with E-state index in [1.165, 1.54) is 11.1 Å². The Morgan fingerprint density at radius 1 is 0.438 bits per heavy atom. The summed E-state index contributed by atoms with van der Waals surface area (Å²) in [7, 11) is 4.12. The third kappa shape index (κ3) is 7.09. The molecule has 0 saturated heterocycles. The number of aromatic hydroxyl groups is 2. The van der Waals surface area contributed by atoms with Crippen LogP contribution in [0.3, 0.4) is 0 Å². The number of phenolic OH excluding ortho intramolecular Hbond substituents is 2. The Kier molecular flexibility index (Phi) is 9.62. The first-order valence-corrected chi connectivity index (χ1v) is 17.3. The molecular weight excluding hydrogens is 588 g/mol. The first-order chi connectivity index (χ1) is 21.9. The van der Waals surface area contributed by atoms with Gasteiger partial charge in [-0.15, -0.1) is 0 Å². The van der Waals surface area contributed by atoms with Crippen LogP contribution in [0.15, 0.2) is 60.7 Å². The molecule has 0 amide bonds. The fourth-order valence-electron chi connectivity index (χ4n) is 6.53. The van der Waals surface area contributed by atoms with E-state index in [1.54, 1.807) is 0 Å². The summed E-state index contributed by atoms with van der Waals surface area (Å²) in [4.78, 5) is 4.29. The van der Waals surface area contributed by atoms with E-state index >= 15 is 0 Å². The second kappa shape index (κ2) is 12.5. The van der Waals surface area contributed by atoms with Gasteiger partial charge in [-0.1, -0.05) is 119 Å². The van der Waals surface area contributed by atoms with E-state index in [9.17, 15) is 10.2 Å². The largest absolute Gasteiger partial charge is 0.505 e. The van der Waals surface area contributed by atoms with E-state index in [0.717, 1.165) is 56.1 Å². The number of phenols is 2. The molecule has 0 aliphatic rings. The van der Waals surface area contributed by atoms with Crippen molar-refractivity contribution in [3.8, 4) is 22.6 Å². The van der Waals surface area contributed by atoms with Crippen LogP contribution in [0, 0.1) is 13.8 Å². The van der Waals surface area contributed by atoms with Crippen molar-refractivity contribution >= 4 is 22.7 Å². The number of anilines is 4. The summed E-state index contributed by atoms with van der Waals surface area (Å²) in [5.74, 6) is 0.623. The smallest absolute Gasteiger partial charge is 0.142 e. The second-order valence-electron chi connectivity index (χ2n) is 17.8. The van der Waals surface area contributed by atoms with Crippen LogP contribution >= 0.6 is 0 Å². The number of benzene rings is 4. The van der Waals surface area contributed by atoms with Gasteiger partial charge in [-0.3, -0.25) is 0 Å². The molecule has 4 aromatic carbocycles. The molecule has 0 unspecified atom stereocenters. The predicted octanol–water partition coefficient (Wildman–Crippen LogP) is 12.1. The highest BCUT2D eigenvalue weighted by atomic mass is 16.3. The third-order valence-electron chi connectivity index (χ3n) is 9.72. The second-order valence-corrected chi connectivity index (χ2v) is 17.8. The van der Waals surface area contributed by atoms with Crippen molar-refractivity contribution in [1.82, 2.24) is 0 Å². The van der Waals surface area contributed by atoms with Gasteiger partial charge in [0, 0.05) is 47.7 Å². The molecule has 0 bridgehead atoms. The number of rotatable bonds is 5. The minimum Gasteiger partial charge on any atom is -0.505 e. The van der Waals surface area contributed by atoms with Crippen LogP contribution in [-0.2, 0) is 21.7 Å².